The van der Waals surface area contributed by atoms with Gasteiger partial charge in [-0.25, -0.2) is 4.79 Å². The third kappa shape index (κ3) is 3.42. The first-order valence-electron chi connectivity index (χ1n) is 9.76. The van der Waals surface area contributed by atoms with Gasteiger partial charge in [0.2, 0.25) is 0 Å². The van der Waals surface area contributed by atoms with Gasteiger partial charge in [0.25, 0.3) is 0 Å². The van der Waals surface area contributed by atoms with Gasteiger partial charge in [-0.05, 0) is 30.0 Å². The highest BCUT2D eigenvalue weighted by atomic mass is 16.5. The summed E-state index contributed by atoms with van der Waals surface area (Å²) in [4.78, 5) is 25.2. The molecule has 1 aromatic heterocycles. The van der Waals surface area contributed by atoms with E-state index in [2.05, 4.69) is 11.1 Å². The van der Waals surface area contributed by atoms with E-state index in [-0.39, 0.29) is 5.78 Å². The Hall–Kier alpha value is -3.40. The quantitative estimate of drug-likeness (QED) is 0.459. The number of ether oxygens (including phenoxy) is 1. The normalized spacial score (nSPS) is 14.2. The number of benzene rings is 2. The summed E-state index contributed by atoms with van der Waals surface area (Å²) in [7, 11) is 1.36. The van der Waals surface area contributed by atoms with Crippen molar-refractivity contribution < 1.29 is 14.3 Å². The molecule has 0 N–H and O–H groups in total. The first kappa shape index (κ1) is 18.9. The van der Waals surface area contributed by atoms with E-state index in [0.717, 1.165) is 40.9 Å². The number of carbonyl (C=O) groups is 2. The SMILES string of the molecule is C=C(C(=O)OC)C(c1ccccc1)n1c(-c2ccccc2)cc2c1CCCC2=O. The second-order valence-corrected chi connectivity index (χ2v) is 7.23. The van der Waals surface area contributed by atoms with Crippen molar-refractivity contribution in [1.29, 1.82) is 0 Å². The third-order valence-electron chi connectivity index (χ3n) is 5.48. The summed E-state index contributed by atoms with van der Waals surface area (Å²) in [6, 6.07) is 21.2. The summed E-state index contributed by atoms with van der Waals surface area (Å²) in [6.45, 7) is 4.08. The summed E-state index contributed by atoms with van der Waals surface area (Å²) < 4.78 is 7.11. The van der Waals surface area contributed by atoms with Crippen LogP contribution < -0.4 is 0 Å². The molecule has 1 heterocycles. The molecule has 1 unspecified atom stereocenters. The van der Waals surface area contributed by atoms with Crippen molar-refractivity contribution in [2.75, 3.05) is 7.11 Å². The lowest BCUT2D eigenvalue weighted by atomic mass is 9.94. The number of Topliss-reactive ketones (excluding diaryl/α,β-unsaturated/α-hetero) is 1. The minimum absolute atomic E-state index is 0.151. The monoisotopic (exact) mass is 385 g/mol. The highest BCUT2D eigenvalue weighted by Gasteiger charge is 2.32. The number of ketones is 1. The predicted octanol–water partition coefficient (Wildman–Crippen LogP) is 4.99. The van der Waals surface area contributed by atoms with Crippen LogP contribution in [0.3, 0.4) is 0 Å². The van der Waals surface area contributed by atoms with E-state index in [1.54, 1.807) is 0 Å². The lowest BCUT2D eigenvalue weighted by Crippen LogP contribution is -2.23. The van der Waals surface area contributed by atoms with Crippen LogP contribution >= 0.6 is 0 Å². The van der Waals surface area contributed by atoms with E-state index in [1.165, 1.54) is 7.11 Å². The molecule has 0 spiro atoms. The van der Waals surface area contributed by atoms with Crippen molar-refractivity contribution in [2.24, 2.45) is 0 Å². The number of methoxy groups -OCH3 is 1. The zero-order valence-corrected chi connectivity index (χ0v) is 16.4. The molecule has 4 heteroatoms. The van der Waals surface area contributed by atoms with E-state index in [4.69, 9.17) is 4.74 Å². The summed E-state index contributed by atoms with van der Waals surface area (Å²) in [5, 5.41) is 0. The fraction of sp³-hybridized carbons (Fsp3) is 0.200. The Bertz CT molecular complexity index is 1060. The van der Waals surface area contributed by atoms with Crippen LogP contribution in [0, 0.1) is 0 Å². The second-order valence-electron chi connectivity index (χ2n) is 7.23. The number of fused-ring (bicyclic) bond motifs is 1. The zero-order chi connectivity index (χ0) is 20.4. The first-order chi connectivity index (χ1) is 14.1. The van der Waals surface area contributed by atoms with Gasteiger partial charge in [-0.15, -0.1) is 0 Å². The van der Waals surface area contributed by atoms with Gasteiger partial charge < -0.3 is 9.30 Å². The van der Waals surface area contributed by atoms with Crippen molar-refractivity contribution >= 4 is 11.8 Å². The predicted molar refractivity (Wildman–Crippen MR) is 113 cm³/mol. The minimum Gasteiger partial charge on any atom is -0.466 e. The first-order valence-corrected chi connectivity index (χ1v) is 9.76. The van der Waals surface area contributed by atoms with Crippen molar-refractivity contribution in [3.8, 4) is 11.3 Å². The maximum absolute atomic E-state index is 12.7. The standard InChI is InChI=1S/C25H23NO3/c1-17(25(28)29-2)24(19-12-7-4-8-13-19)26-21-14-9-15-23(27)20(21)16-22(26)18-10-5-3-6-11-18/h3-8,10-13,16,24H,1,9,14-15H2,2H3. The highest BCUT2D eigenvalue weighted by Crippen LogP contribution is 2.38. The number of rotatable bonds is 5. The van der Waals surface area contributed by atoms with E-state index in [1.807, 2.05) is 66.7 Å². The summed E-state index contributed by atoms with van der Waals surface area (Å²) in [5.41, 5.74) is 4.87. The fourth-order valence-electron chi connectivity index (χ4n) is 4.12. The molecule has 1 atom stereocenters. The maximum atomic E-state index is 12.7. The lowest BCUT2D eigenvalue weighted by molar-refractivity contribution is -0.136. The van der Waals surface area contributed by atoms with Gasteiger partial charge in [-0.3, -0.25) is 4.79 Å². The molecule has 0 saturated heterocycles. The average molecular weight is 385 g/mol. The Morgan fingerprint density at radius 3 is 2.34 bits per heavy atom. The van der Waals surface area contributed by atoms with Gasteiger partial charge in [-0.2, -0.15) is 0 Å². The molecule has 0 bridgehead atoms. The van der Waals surface area contributed by atoms with Gasteiger partial charge in [0.05, 0.1) is 18.7 Å². The minimum atomic E-state index is -0.456. The fourth-order valence-corrected chi connectivity index (χ4v) is 4.12. The van der Waals surface area contributed by atoms with Crippen LogP contribution in [-0.2, 0) is 16.0 Å². The molecule has 1 aliphatic carbocycles. The smallest absolute Gasteiger partial charge is 0.335 e. The molecule has 3 aromatic rings. The molecule has 146 valence electrons. The van der Waals surface area contributed by atoms with Crippen LogP contribution in [-0.4, -0.2) is 23.4 Å². The van der Waals surface area contributed by atoms with E-state index in [0.29, 0.717) is 12.0 Å². The van der Waals surface area contributed by atoms with Gasteiger partial charge in [0.15, 0.2) is 5.78 Å². The molecular formula is C25H23NO3. The van der Waals surface area contributed by atoms with E-state index < -0.39 is 12.0 Å². The van der Waals surface area contributed by atoms with Gasteiger partial charge in [0, 0.05) is 23.4 Å². The molecule has 0 radical (unpaired) electrons. The van der Waals surface area contributed by atoms with E-state index in [9.17, 15) is 9.59 Å². The molecule has 2 aromatic carbocycles. The molecule has 0 amide bonds. The van der Waals surface area contributed by atoms with Gasteiger partial charge >= 0.3 is 5.97 Å². The van der Waals surface area contributed by atoms with Gasteiger partial charge in [0.1, 0.15) is 0 Å². The van der Waals surface area contributed by atoms with Crippen molar-refractivity contribution in [2.45, 2.75) is 25.3 Å². The Balaban J connectivity index is 2.00. The van der Waals surface area contributed by atoms with Crippen molar-refractivity contribution in [3.05, 3.63) is 95.7 Å². The summed E-state index contributed by atoms with van der Waals surface area (Å²) in [5.74, 6) is -0.305. The molecular weight excluding hydrogens is 362 g/mol. The molecule has 0 saturated carbocycles. The van der Waals surface area contributed by atoms with Crippen LogP contribution in [0.15, 0.2) is 78.9 Å². The van der Waals surface area contributed by atoms with Gasteiger partial charge in [-0.1, -0.05) is 67.2 Å². The van der Waals surface area contributed by atoms with Crippen LogP contribution in [0.1, 0.15) is 40.5 Å². The largest absolute Gasteiger partial charge is 0.466 e. The maximum Gasteiger partial charge on any atom is 0.335 e. The Morgan fingerprint density at radius 2 is 1.69 bits per heavy atom. The number of hydrogen-bond acceptors (Lipinski definition) is 3. The van der Waals surface area contributed by atoms with Crippen LogP contribution in [0.25, 0.3) is 11.3 Å². The van der Waals surface area contributed by atoms with E-state index >= 15 is 0 Å². The number of aromatic nitrogens is 1. The van der Waals surface area contributed by atoms with Crippen molar-refractivity contribution in [3.63, 3.8) is 0 Å². The third-order valence-corrected chi connectivity index (χ3v) is 5.48. The topological polar surface area (TPSA) is 48.3 Å². The highest BCUT2D eigenvalue weighted by molar-refractivity contribution is 6.00. The average Bonchev–Trinajstić information content (AvgIpc) is 3.15. The van der Waals surface area contributed by atoms with Crippen LogP contribution in [0.5, 0.6) is 0 Å². The van der Waals surface area contributed by atoms with Crippen LogP contribution in [0.2, 0.25) is 0 Å². The van der Waals surface area contributed by atoms with Crippen molar-refractivity contribution in [1.82, 2.24) is 4.57 Å². The summed E-state index contributed by atoms with van der Waals surface area (Å²) in [6.07, 6.45) is 2.14. The van der Waals surface area contributed by atoms with Crippen LogP contribution in [0.4, 0.5) is 0 Å². The second kappa shape index (κ2) is 7.92. The lowest BCUT2D eigenvalue weighted by Gasteiger charge is -2.27. The number of carbonyl (C=O) groups excluding carboxylic acids is 2. The molecule has 29 heavy (non-hydrogen) atoms. The Morgan fingerprint density at radius 1 is 1.03 bits per heavy atom. The number of nitrogens with zero attached hydrogens (tertiary/aromatic N) is 1. The molecule has 0 fully saturated rings. The number of hydrogen-bond donors (Lipinski definition) is 0. The molecule has 4 rings (SSSR count). The Kier molecular flexibility index (Phi) is 5.17. The molecule has 1 aliphatic rings. The zero-order valence-electron chi connectivity index (χ0n) is 16.4. The Labute approximate surface area is 170 Å². The molecule has 0 aliphatic heterocycles. The molecule has 4 nitrogen and oxygen atoms in total. The summed E-state index contributed by atoms with van der Waals surface area (Å²) >= 11 is 0. The number of esters is 1.